The first-order valence-corrected chi connectivity index (χ1v) is 8.41. The van der Waals surface area contributed by atoms with Gasteiger partial charge in [0.15, 0.2) is 0 Å². The van der Waals surface area contributed by atoms with Crippen molar-refractivity contribution in [2.75, 3.05) is 14.1 Å². The Bertz CT molecular complexity index is 545. The molecule has 1 N–H and O–H groups in total. The van der Waals surface area contributed by atoms with Crippen molar-refractivity contribution in [3.8, 4) is 5.75 Å². The first-order chi connectivity index (χ1) is 10.2. The Labute approximate surface area is 146 Å². The molecule has 1 aromatic carbocycles. The van der Waals surface area contributed by atoms with E-state index < -0.39 is 0 Å². The summed E-state index contributed by atoms with van der Waals surface area (Å²) >= 11 is 5.25. The highest BCUT2D eigenvalue weighted by Gasteiger charge is 2.28. The Morgan fingerprint density at radius 3 is 1.74 bits per heavy atom. The molecule has 0 aliphatic carbocycles. The second kappa shape index (κ2) is 6.68. The van der Waals surface area contributed by atoms with Crippen molar-refractivity contribution in [3.63, 3.8) is 0 Å². The van der Waals surface area contributed by atoms with Gasteiger partial charge in [0.05, 0.1) is 0 Å². The fourth-order valence-corrected chi connectivity index (χ4v) is 2.50. The molecule has 1 unspecified atom stereocenters. The Hall–Kier alpha value is -1.29. The van der Waals surface area contributed by atoms with Crippen LogP contribution in [-0.4, -0.2) is 29.3 Å². The molecule has 0 aliphatic heterocycles. The van der Waals surface area contributed by atoms with Crippen LogP contribution in [0.3, 0.4) is 0 Å². The van der Waals surface area contributed by atoms with Crippen molar-refractivity contribution in [2.24, 2.45) is 0 Å². The van der Waals surface area contributed by atoms with Gasteiger partial charge in [-0.15, -0.1) is 0 Å². The smallest absolute Gasteiger partial charge is 0.259 e. The van der Waals surface area contributed by atoms with Crippen LogP contribution in [0.15, 0.2) is 12.1 Å². The number of phenolic OH excluding ortho intramolecular Hbond substituents is 1. The minimum atomic E-state index is -0.173. The third-order valence-electron chi connectivity index (χ3n) is 3.86. The molecule has 0 spiro atoms. The molecular formula is C19H31NO2S. The number of phenols is 1. The monoisotopic (exact) mass is 337 g/mol. The summed E-state index contributed by atoms with van der Waals surface area (Å²) in [6.07, 6.45) is -0.173. The zero-order chi connectivity index (χ0) is 18.2. The lowest BCUT2D eigenvalue weighted by Crippen LogP contribution is -2.24. The molecule has 1 aromatic rings. The molecule has 130 valence electrons. The Morgan fingerprint density at radius 1 is 1.04 bits per heavy atom. The molecule has 23 heavy (non-hydrogen) atoms. The van der Waals surface area contributed by atoms with E-state index in [9.17, 15) is 5.11 Å². The molecule has 0 heterocycles. The quantitative estimate of drug-likeness (QED) is 0.777. The maximum Gasteiger partial charge on any atom is 0.259 e. The molecular weight excluding hydrogens is 306 g/mol. The molecule has 3 nitrogen and oxygen atoms in total. The molecule has 0 saturated carbocycles. The number of benzene rings is 1. The van der Waals surface area contributed by atoms with E-state index >= 15 is 0 Å². The fourth-order valence-electron chi connectivity index (χ4n) is 2.36. The second-order valence-electron chi connectivity index (χ2n) is 8.39. The summed E-state index contributed by atoms with van der Waals surface area (Å²) in [6, 6.07) is 4.07. The van der Waals surface area contributed by atoms with Gasteiger partial charge in [0.25, 0.3) is 5.17 Å². The Morgan fingerprint density at radius 2 is 1.43 bits per heavy atom. The van der Waals surface area contributed by atoms with E-state index in [2.05, 4.69) is 41.5 Å². The highest BCUT2D eigenvalue weighted by molar-refractivity contribution is 7.80. The van der Waals surface area contributed by atoms with Gasteiger partial charge in [-0.05, 0) is 58.8 Å². The summed E-state index contributed by atoms with van der Waals surface area (Å²) in [4.78, 5) is 1.78. The van der Waals surface area contributed by atoms with E-state index in [1.54, 1.807) is 4.90 Å². The van der Waals surface area contributed by atoms with Crippen molar-refractivity contribution >= 4 is 17.4 Å². The number of rotatable bonds is 2. The molecule has 0 amide bonds. The van der Waals surface area contributed by atoms with E-state index in [0.29, 0.717) is 10.9 Å². The lowest BCUT2D eigenvalue weighted by atomic mass is 9.78. The molecule has 0 bridgehead atoms. The minimum absolute atomic E-state index is 0.151. The van der Waals surface area contributed by atoms with E-state index in [4.69, 9.17) is 17.0 Å². The van der Waals surface area contributed by atoms with Gasteiger partial charge in [0, 0.05) is 14.1 Å². The summed E-state index contributed by atoms with van der Waals surface area (Å²) in [6.45, 7) is 14.6. The molecule has 0 fully saturated rings. The Kier molecular flexibility index (Phi) is 5.74. The van der Waals surface area contributed by atoms with Gasteiger partial charge in [0.1, 0.15) is 11.9 Å². The van der Waals surface area contributed by atoms with E-state index in [1.165, 1.54) is 0 Å². The summed E-state index contributed by atoms with van der Waals surface area (Å²) in [5.74, 6) is 0.385. The van der Waals surface area contributed by atoms with Gasteiger partial charge in [-0.1, -0.05) is 41.5 Å². The predicted octanol–water partition coefficient (Wildman–Crippen LogP) is 4.91. The van der Waals surface area contributed by atoms with E-state index in [-0.39, 0.29) is 16.9 Å². The molecule has 0 radical (unpaired) electrons. The second-order valence-corrected chi connectivity index (χ2v) is 8.73. The van der Waals surface area contributed by atoms with Gasteiger partial charge >= 0.3 is 0 Å². The molecule has 4 heteroatoms. The SMILES string of the molecule is CC(OC(=S)N(C)C)c1cc(C(C)(C)C)c(O)c(C(C)(C)C)c1. The van der Waals surface area contributed by atoms with Gasteiger partial charge in [-0.3, -0.25) is 0 Å². The van der Waals surface area contributed by atoms with Crippen LogP contribution in [0.25, 0.3) is 0 Å². The topological polar surface area (TPSA) is 32.7 Å². The lowest BCUT2D eigenvalue weighted by Gasteiger charge is -2.29. The zero-order valence-corrected chi connectivity index (χ0v) is 16.8. The molecule has 1 atom stereocenters. The molecule has 0 aromatic heterocycles. The maximum atomic E-state index is 10.8. The first kappa shape index (κ1) is 19.8. The summed E-state index contributed by atoms with van der Waals surface area (Å²) < 4.78 is 5.85. The maximum absolute atomic E-state index is 10.8. The van der Waals surface area contributed by atoms with Gasteiger partial charge in [-0.2, -0.15) is 0 Å². The molecule has 1 rings (SSSR count). The standard InChI is InChI=1S/C19H31NO2S/c1-12(22-17(23)20(8)9)13-10-14(18(2,3)4)16(21)15(11-13)19(5,6)7/h10-12,21H,1-9H3. The van der Waals surface area contributed by atoms with Crippen LogP contribution < -0.4 is 0 Å². The van der Waals surface area contributed by atoms with Crippen molar-refractivity contribution < 1.29 is 9.84 Å². The average molecular weight is 338 g/mol. The highest BCUT2D eigenvalue weighted by Crippen LogP contribution is 2.41. The number of nitrogens with zero attached hydrogens (tertiary/aromatic N) is 1. The summed E-state index contributed by atoms with van der Waals surface area (Å²) in [7, 11) is 3.74. The molecule has 0 aliphatic rings. The first-order valence-electron chi connectivity index (χ1n) is 8.01. The normalized spacial score (nSPS) is 13.6. The van der Waals surface area contributed by atoms with Crippen LogP contribution in [0.2, 0.25) is 0 Å². The number of thiocarbonyl (C=S) groups is 1. The van der Waals surface area contributed by atoms with Crippen molar-refractivity contribution in [2.45, 2.75) is 65.4 Å². The predicted molar refractivity (Wildman–Crippen MR) is 101 cm³/mol. The van der Waals surface area contributed by atoms with Gasteiger partial charge in [0.2, 0.25) is 0 Å². The number of ether oxygens (including phenoxy) is 1. The van der Waals surface area contributed by atoms with Crippen molar-refractivity contribution in [3.05, 3.63) is 28.8 Å². The fraction of sp³-hybridized carbons (Fsp3) is 0.632. The highest BCUT2D eigenvalue weighted by atomic mass is 32.1. The van der Waals surface area contributed by atoms with Crippen molar-refractivity contribution in [1.82, 2.24) is 4.90 Å². The van der Waals surface area contributed by atoms with Crippen LogP contribution in [0.5, 0.6) is 5.75 Å². The zero-order valence-electron chi connectivity index (χ0n) is 15.9. The van der Waals surface area contributed by atoms with Gasteiger partial charge in [-0.25, -0.2) is 0 Å². The van der Waals surface area contributed by atoms with Crippen LogP contribution in [0, 0.1) is 0 Å². The largest absolute Gasteiger partial charge is 0.507 e. The van der Waals surface area contributed by atoms with Crippen LogP contribution in [0.4, 0.5) is 0 Å². The molecule has 0 saturated heterocycles. The van der Waals surface area contributed by atoms with Crippen LogP contribution in [-0.2, 0) is 15.6 Å². The van der Waals surface area contributed by atoms with Gasteiger partial charge < -0.3 is 14.7 Å². The van der Waals surface area contributed by atoms with Crippen molar-refractivity contribution in [1.29, 1.82) is 0 Å². The number of aromatic hydroxyl groups is 1. The lowest BCUT2D eigenvalue weighted by molar-refractivity contribution is 0.188. The van der Waals surface area contributed by atoms with E-state index in [0.717, 1.165) is 16.7 Å². The third kappa shape index (κ3) is 4.84. The number of hydrogen-bond acceptors (Lipinski definition) is 3. The summed E-state index contributed by atoms with van der Waals surface area (Å²) in [5, 5.41) is 11.2. The van der Waals surface area contributed by atoms with Crippen LogP contribution >= 0.6 is 12.2 Å². The number of hydrogen-bond donors (Lipinski definition) is 1. The third-order valence-corrected chi connectivity index (χ3v) is 4.32. The van der Waals surface area contributed by atoms with Crippen LogP contribution in [0.1, 0.15) is 71.3 Å². The Balaban J connectivity index is 3.41. The summed E-state index contributed by atoms with van der Waals surface area (Å²) in [5.41, 5.74) is 2.60. The van der Waals surface area contributed by atoms with E-state index in [1.807, 2.05) is 33.2 Å². The minimum Gasteiger partial charge on any atom is -0.507 e. The average Bonchev–Trinajstić information content (AvgIpc) is 2.35.